The number of rotatable bonds is 10. The van der Waals surface area contributed by atoms with Crippen molar-refractivity contribution in [1.29, 1.82) is 0 Å². The fraction of sp³-hybridized carbons (Fsp3) is 0.469. The summed E-state index contributed by atoms with van der Waals surface area (Å²) in [5, 5.41) is 50.4. The molecule has 57 heavy (non-hydrogen) atoms. The van der Waals surface area contributed by atoms with Crippen molar-refractivity contribution >= 4 is 23.2 Å². The molecule has 4 aromatic carbocycles. The van der Waals surface area contributed by atoms with E-state index in [9.17, 15) is 30.0 Å². The molecule has 0 spiro atoms. The number of phenolic OH excluding ortho intramolecular Hbond substituents is 4. The number of carbonyl (C=O) groups is 2. The average molecular weight is 779 g/mol. The second kappa shape index (κ2) is 16.5. The zero-order chi connectivity index (χ0) is 43.0. The van der Waals surface area contributed by atoms with E-state index in [0.717, 1.165) is 33.4 Å². The molecule has 0 fully saturated rings. The number of nitrogens with one attached hydrogen (secondary N) is 2. The van der Waals surface area contributed by atoms with E-state index in [2.05, 4.69) is 93.7 Å². The van der Waals surface area contributed by atoms with Gasteiger partial charge in [0.2, 0.25) is 11.8 Å². The van der Waals surface area contributed by atoms with Crippen LogP contribution in [0, 0.1) is 13.8 Å². The largest absolute Gasteiger partial charge is 0.507 e. The number of amides is 2. The average Bonchev–Trinajstić information content (AvgIpc) is 3.06. The van der Waals surface area contributed by atoms with Gasteiger partial charge in [-0.05, 0) is 117 Å². The van der Waals surface area contributed by atoms with Gasteiger partial charge in [0.25, 0.3) is 0 Å². The maximum Gasteiger partial charge on any atom is 0.224 e. The van der Waals surface area contributed by atoms with Gasteiger partial charge in [0.05, 0.1) is 0 Å². The predicted molar refractivity (Wildman–Crippen MR) is 233 cm³/mol. The molecule has 4 rings (SSSR count). The number of hydrogen-bond donors (Lipinski definition) is 6. The second-order valence-electron chi connectivity index (χ2n) is 20.0. The molecule has 0 unspecified atom stereocenters. The molecular weight excluding hydrogens is 713 g/mol. The second-order valence-corrected chi connectivity index (χ2v) is 20.0. The fourth-order valence-corrected chi connectivity index (χ4v) is 7.25. The third kappa shape index (κ3) is 11.1. The van der Waals surface area contributed by atoms with Crippen molar-refractivity contribution in [2.24, 2.45) is 0 Å². The van der Waals surface area contributed by atoms with Gasteiger partial charge in [-0.2, -0.15) is 0 Å². The molecule has 2 amide bonds. The lowest BCUT2D eigenvalue weighted by Crippen LogP contribution is -2.18. The van der Waals surface area contributed by atoms with Crippen LogP contribution in [0.5, 0.6) is 23.0 Å². The Hall–Kier alpha value is -4.98. The van der Waals surface area contributed by atoms with E-state index in [1.54, 1.807) is 38.1 Å². The summed E-state index contributed by atoms with van der Waals surface area (Å²) in [5.41, 5.74) is 7.49. The highest BCUT2D eigenvalue weighted by atomic mass is 16.3. The number of anilines is 2. The Morgan fingerprint density at radius 3 is 1.00 bits per heavy atom. The summed E-state index contributed by atoms with van der Waals surface area (Å²) >= 11 is 0. The first-order valence-corrected chi connectivity index (χ1v) is 20.0. The quantitative estimate of drug-likeness (QED) is 0.0886. The number of phenols is 4. The Bertz CT molecular complexity index is 1930. The highest BCUT2D eigenvalue weighted by Crippen LogP contribution is 2.42. The molecule has 8 nitrogen and oxygen atoms in total. The number of aryl methyl sites for hydroxylation is 4. The lowest BCUT2D eigenvalue weighted by Gasteiger charge is -2.28. The fourth-order valence-electron chi connectivity index (χ4n) is 7.25. The molecule has 0 heterocycles. The molecule has 308 valence electrons. The van der Waals surface area contributed by atoms with Crippen LogP contribution in [0.2, 0.25) is 0 Å². The van der Waals surface area contributed by atoms with Crippen LogP contribution < -0.4 is 10.6 Å². The first-order chi connectivity index (χ1) is 26.1. The zero-order valence-corrected chi connectivity index (χ0v) is 36.8. The van der Waals surface area contributed by atoms with E-state index in [1.165, 1.54) is 0 Å². The topological polar surface area (TPSA) is 139 Å². The van der Waals surface area contributed by atoms with Crippen molar-refractivity contribution < 1.29 is 30.0 Å². The first kappa shape index (κ1) is 44.7. The minimum atomic E-state index is -0.275. The molecule has 0 saturated carbocycles. The molecule has 0 aliphatic heterocycles. The highest BCUT2D eigenvalue weighted by Gasteiger charge is 2.28. The Morgan fingerprint density at radius 2 is 0.737 bits per heavy atom. The molecule has 0 radical (unpaired) electrons. The van der Waals surface area contributed by atoms with Crippen LogP contribution in [0.4, 0.5) is 11.4 Å². The third-order valence-corrected chi connectivity index (χ3v) is 10.6. The van der Waals surface area contributed by atoms with Gasteiger partial charge < -0.3 is 31.1 Å². The van der Waals surface area contributed by atoms with Gasteiger partial charge in [-0.15, -0.1) is 0 Å². The number of aromatic hydroxyl groups is 4. The molecule has 8 heteroatoms. The smallest absolute Gasteiger partial charge is 0.224 e. The van der Waals surface area contributed by atoms with Gasteiger partial charge in [-0.3, -0.25) is 9.59 Å². The van der Waals surface area contributed by atoms with Gasteiger partial charge in [-0.1, -0.05) is 107 Å². The lowest BCUT2D eigenvalue weighted by molar-refractivity contribution is -0.117. The maximum absolute atomic E-state index is 13.3. The van der Waals surface area contributed by atoms with E-state index in [0.29, 0.717) is 58.0 Å². The Labute approximate surface area is 340 Å². The van der Waals surface area contributed by atoms with Crippen molar-refractivity contribution in [3.05, 3.63) is 104 Å². The van der Waals surface area contributed by atoms with Crippen LogP contribution in [-0.4, -0.2) is 32.2 Å². The summed E-state index contributed by atoms with van der Waals surface area (Å²) in [6, 6.07) is 14.8. The molecule has 0 bridgehead atoms. The highest BCUT2D eigenvalue weighted by molar-refractivity contribution is 5.92. The number of hydrogen-bond acceptors (Lipinski definition) is 6. The summed E-state index contributed by atoms with van der Waals surface area (Å²) in [6.45, 7) is 28.3. The van der Waals surface area contributed by atoms with E-state index in [1.807, 2.05) is 24.3 Å². The molecule has 4 aromatic rings. The van der Waals surface area contributed by atoms with Crippen molar-refractivity contribution in [3.8, 4) is 23.0 Å². The van der Waals surface area contributed by atoms with Gasteiger partial charge >= 0.3 is 0 Å². The van der Waals surface area contributed by atoms with Gasteiger partial charge in [0.1, 0.15) is 23.0 Å². The van der Waals surface area contributed by atoms with Gasteiger partial charge in [-0.25, -0.2) is 0 Å². The summed E-state index contributed by atoms with van der Waals surface area (Å²) in [5.74, 6) is 0.360. The summed E-state index contributed by atoms with van der Waals surface area (Å²) in [7, 11) is 0. The third-order valence-electron chi connectivity index (χ3n) is 10.6. The van der Waals surface area contributed by atoms with Crippen LogP contribution >= 0.6 is 0 Å². The molecular formula is C49H66N2O6. The summed E-state index contributed by atoms with van der Waals surface area (Å²) < 4.78 is 0. The minimum Gasteiger partial charge on any atom is -0.507 e. The molecule has 0 aromatic heterocycles. The standard InChI is InChI=1S/C49H66N2O6/c1-28-19-34(50-40(52)17-15-30-21-36(46(3,4)5)44(56)37(22-30)47(6,7)8)26-32(42(28)54)25-33-27-35(20-29(2)43(33)55)51-41(53)18-16-31-23-38(48(9,10)11)45(57)39(24-31)49(12,13)14/h19-24,26-27,54-57H,15-18,25H2,1-14H3,(H,50,52)(H,51,53). The van der Waals surface area contributed by atoms with Crippen LogP contribution in [0.25, 0.3) is 0 Å². The number of carbonyl (C=O) groups excluding carboxylic acids is 2. The minimum absolute atomic E-state index is 0.0613. The maximum atomic E-state index is 13.3. The van der Waals surface area contributed by atoms with Crippen molar-refractivity contribution in [3.63, 3.8) is 0 Å². The van der Waals surface area contributed by atoms with Crippen LogP contribution in [0.15, 0.2) is 48.5 Å². The van der Waals surface area contributed by atoms with E-state index < -0.39 is 0 Å². The zero-order valence-electron chi connectivity index (χ0n) is 36.8. The monoisotopic (exact) mass is 778 g/mol. The Morgan fingerprint density at radius 1 is 0.456 bits per heavy atom. The SMILES string of the molecule is Cc1cc(NC(=O)CCc2cc(C(C)(C)C)c(O)c(C(C)(C)C)c2)cc(Cc2cc(NC(=O)CCc3cc(C(C)(C)C)c(O)c(C(C)(C)C)c3)cc(C)c2O)c1O. The van der Waals surface area contributed by atoms with Crippen molar-refractivity contribution in [2.75, 3.05) is 10.6 Å². The molecule has 6 N–H and O–H groups in total. The Balaban J connectivity index is 1.50. The van der Waals surface area contributed by atoms with Crippen molar-refractivity contribution in [1.82, 2.24) is 0 Å². The normalized spacial score (nSPS) is 12.5. The summed E-state index contributed by atoms with van der Waals surface area (Å²) in [4.78, 5) is 26.6. The van der Waals surface area contributed by atoms with Gasteiger partial charge in [0.15, 0.2) is 0 Å². The van der Waals surface area contributed by atoms with Crippen LogP contribution in [0.3, 0.4) is 0 Å². The predicted octanol–water partition coefficient (Wildman–Crippen LogP) is 11.0. The van der Waals surface area contributed by atoms with Crippen LogP contribution in [0.1, 0.15) is 152 Å². The molecule has 0 aliphatic rings. The lowest BCUT2D eigenvalue weighted by atomic mass is 9.78. The number of benzene rings is 4. The Kier molecular flexibility index (Phi) is 12.9. The van der Waals surface area contributed by atoms with E-state index in [-0.39, 0.29) is 64.2 Å². The van der Waals surface area contributed by atoms with E-state index >= 15 is 0 Å². The van der Waals surface area contributed by atoms with Crippen molar-refractivity contribution in [2.45, 2.75) is 151 Å². The van der Waals surface area contributed by atoms with Gasteiger partial charge in [0, 0.05) is 41.8 Å². The molecule has 0 saturated heterocycles. The first-order valence-electron chi connectivity index (χ1n) is 20.0. The van der Waals surface area contributed by atoms with Crippen LogP contribution in [-0.2, 0) is 50.5 Å². The molecule has 0 aliphatic carbocycles. The summed E-state index contributed by atoms with van der Waals surface area (Å²) in [6.07, 6.45) is 1.57. The molecule has 0 atom stereocenters. The van der Waals surface area contributed by atoms with E-state index in [4.69, 9.17) is 0 Å².